The zero-order valence-electron chi connectivity index (χ0n) is 31.4. The van der Waals surface area contributed by atoms with Crippen LogP contribution in [-0.4, -0.2) is 69.8 Å². The summed E-state index contributed by atoms with van der Waals surface area (Å²) in [7, 11) is 3.30. The van der Waals surface area contributed by atoms with E-state index in [1.807, 2.05) is 58.0 Å². The highest BCUT2D eigenvalue weighted by Gasteiger charge is 2.38. The molecular weight excluding hydrogens is 729 g/mol. The van der Waals surface area contributed by atoms with Crippen molar-refractivity contribution in [3.8, 4) is 22.6 Å². The van der Waals surface area contributed by atoms with E-state index in [2.05, 4.69) is 21.7 Å². The number of halogens is 2. The molecule has 0 fully saturated rings. The summed E-state index contributed by atoms with van der Waals surface area (Å²) in [5, 5.41) is 20.5. The van der Waals surface area contributed by atoms with Gasteiger partial charge in [0.25, 0.3) is 5.91 Å². The predicted molar refractivity (Wildman–Crippen MR) is 212 cm³/mol. The van der Waals surface area contributed by atoms with E-state index in [0.29, 0.717) is 65.7 Å². The molecule has 0 spiro atoms. The van der Waals surface area contributed by atoms with Crippen molar-refractivity contribution in [1.82, 2.24) is 19.3 Å². The van der Waals surface area contributed by atoms with Crippen molar-refractivity contribution < 1.29 is 28.9 Å². The van der Waals surface area contributed by atoms with Crippen LogP contribution in [0.5, 0.6) is 11.5 Å². The maximum Gasteiger partial charge on any atom is 0.352 e. The Bertz CT molecular complexity index is 2420. The fourth-order valence-electron chi connectivity index (χ4n) is 7.91. The Hall–Kier alpha value is -4.97. The standard InChI is InChI=1S/C41H43Cl2N5O6/c1-21-15-27(16-22(2)36(21)43)53-12-8-9-29-30-10-11-31(42)35(34-24(4)44-45-25(34)5)38(30)48-23(3)20-47(40(49)39(29)48)32-19-28(54-14-13-52-7)17-26-18-33(41(50)51)46(6)37(26)32/h10-11,15-19,23H,8-9,12-14,20H2,1-7H3,(H,44,45)(H,50,51)/t23-/m1/s1. The highest BCUT2D eigenvalue weighted by atomic mass is 35.5. The number of aryl methyl sites for hydroxylation is 6. The van der Waals surface area contributed by atoms with E-state index in [1.54, 1.807) is 35.8 Å². The first-order chi connectivity index (χ1) is 25.8. The maximum absolute atomic E-state index is 15.2. The smallest absolute Gasteiger partial charge is 0.352 e. The molecule has 54 heavy (non-hydrogen) atoms. The summed E-state index contributed by atoms with van der Waals surface area (Å²) in [6, 6.07) is 12.8. The number of rotatable bonds is 12. The number of aromatic amines is 1. The highest BCUT2D eigenvalue weighted by Crippen LogP contribution is 2.46. The Morgan fingerprint density at radius 2 is 1.67 bits per heavy atom. The summed E-state index contributed by atoms with van der Waals surface area (Å²) in [5.74, 6) is -0.0226. The van der Waals surface area contributed by atoms with Crippen LogP contribution >= 0.6 is 23.2 Å². The van der Waals surface area contributed by atoms with Gasteiger partial charge in [-0.1, -0.05) is 29.3 Å². The topological polar surface area (TPSA) is 124 Å². The molecule has 7 rings (SSSR count). The Balaban J connectivity index is 1.38. The summed E-state index contributed by atoms with van der Waals surface area (Å²) >= 11 is 13.5. The number of hydrogen-bond donors (Lipinski definition) is 2. The average Bonchev–Trinajstić information content (AvgIpc) is 3.77. The summed E-state index contributed by atoms with van der Waals surface area (Å²) in [6.07, 6.45) is 1.17. The third-order valence-electron chi connectivity index (χ3n) is 10.3. The monoisotopic (exact) mass is 771 g/mol. The van der Waals surface area contributed by atoms with Gasteiger partial charge >= 0.3 is 5.97 Å². The van der Waals surface area contributed by atoms with Gasteiger partial charge in [-0.25, -0.2) is 4.79 Å². The number of nitrogens with zero attached hydrogens (tertiary/aromatic N) is 4. The molecule has 1 amide bonds. The van der Waals surface area contributed by atoms with Gasteiger partial charge in [0.05, 0.1) is 40.7 Å². The number of hydrogen-bond acceptors (Lipinski definition) is 6. The maximum atomic E-state index is 15.2. The summed E-state index contributed by atoms with van der Waals surface area (Å²) in [6.45, 7) is 11.3. The lowest BCUT2D eigenvalue weighted by Crippen LogP contribution is -2.43. The Labute approximate surface area is 323 Å². The molecule has 3 aromatic heterocycles. The number of nitrogens with one attached hydrogen (secondary N) is 1. The molecule has 1 atom stereocenters. The number of benzene rings is 3. The van der Waals surface area contributed by atoms with Crippen molar-refractivity contribution in [3.63, 3.8) is 0 Å². The molecule has 0 saturated carbocycles. The van der Waals surface area contributed by atoms with Crippen LogP contribution in [0.15, 0.2) is 42.5 Å². The molecule has 1 aliphatic heterocycles. The molecular formula is C41H43Cl2N5O6. The van der Waals surface area contributed by atoms with Crippen molar-refractivity contribution in [3.05, 3.63) is 92.0 Å². The van der Waals surface area contributed by atoms with E-state index in [1.165, 1.54) is 0 Å². The number of amides is 1. The first-order valence-electron chi connectivity index (χ1n) is 17.9. The van der Waals surface area contributed by atoms with Crippen molar-refractivity contribution in [2.24, 2.45) is 7.05 Å². The van der Waals surface area contributed by atoms with E-state index >= 15 is 4.79 Å². The van der Waals surface area contributed by atoms with Gasteiger partial charge in [0.2, 0.25) is 0 Å². The summed E-state index contributed by atoms with van der Waals surface area (Å²) < 4.78 is 21.2. The van der Waals surface area contributed by atoms with Crippen molar-refractivity contribution in [2.75, 3.05) is 38.4 Å². The zero-order chi connectivity index (χ0) is 38.6. The van der Waals surface area contributed by atoms with Crippen LogP contribution in [0.3, 0.4) is 0 Å². The van der Waals surface area contributed by atoms with Crippen LogP contribution < -0.4 is 14.4 Å². The van der Waals surface area contributed by atoms with Gasteiger partial charge in [-0.15, -0.1) is 0 Å². The normalized spacial score (nSPS) is 14.4. The average molecular weight is 773 g/mol. The van der Waals surface area contributed by atoms with Gasteiger partial charge in [0, 0.05) is 65.4 Å². The quantitative estimate of drug-likeness (QED) is 0.119. The fourth-order valence-corrected chi connectivity index (χ4v) is 8.27. The highest BCUT2D eigenvalue weighted by molar-refractivity contribution is 6.35. The minimum absolute atomic E-state index is 0.101. The molecule has 3 aromatic carbocycles. The number of carboxylic acid groups (broad SMARTS) is 1. The molecule has 13 heteroatoms. The van der Waals surface area contributed by atoms with Crippen molar-refractivity contribution >= 4 is 62.6 Å². The van der Waals surface area contributed by atoms with Gasteiger partial charge in [-0.3, -0.25) is 9.89 Å². The minimum atomic E-state index is -1.07. The lowest BCUT2D eigenvalue weighted by molar-refractivity contribution is 0.0687. The minimum Gasteiger partial charge on any atom is -0.494 e. The summed E-state index contributed by atoms with van der Waals surface area (Å²) in [5.41, 5.74) is 8.91. The molecule has 0 bridgehead atoms. The number of carboxylic acids is 1. The third-order valence-corrected chi connectivity index (χ3v) is 11.2. The second-order valence-electron chi connectivity index (χ2n) is 14.0. The Morgan fingerprint density at radius 3 is 2.33 bits per heavy atom. The molecule has 0 aliphatic carbocycles. The van der Waals surface area contributed by atoms with Gasteiger partial charge in [0.1, 0.15) is 29.5 Å². The molecule has 1 aliphatic rings. The number of H-pyrrole nitrogens is 1. The number of anilines is 1. The molecule has 0 saturated heterocycles. The van der Waals surface area contributed by atoms with E-state index in [0.717, 1.165) is 60.9 Å². The second kappa shape index (κ2) is 14.7. The molecule has 282 valence electrons. The van der Waals surface area contributed by atoms with E-state index < -0.39 is 5.97 Å². The van der Waals surface area contributed by atoms with Gasteiger partial charge in [-0.05, 0) is 94.5 Å². The number of carbonyl (C=O) groups is 2. The van der Waals surface area contributed by atoms with Gasteiger partial charge < -0.3 is 33.4 Å². The number of carbonyl (C=O) groups excluding carboxylic acids is 1. The van der Waals surface area contributed by atoms with E-state index in [-0.39, 0.29) is 24.2 Å². The summed E-state index contributed by atoms with van der Waals surface area (Å²) in [4.78, 5) is 29.3. The van der Waals surface area contributed by atoms with Crippen molar-refractivity contribution in [1.29, 1.82) is 0 Å². The SMILES string of the molecule is COCCOc1cc(N2C[C@@H](C)n3c(c(CCCOc4cc(C)c(Cl)c(C)c4)c4ccc(Cl)c(-c5c(C)n[nH]c5C)c43)C2=O)c2c(c1)cc(C(=O)O)n2C. The number of aromatic carboxylic acids is 1. The zero-order valence-corrected chi connectivity index (χ0v) is 32.9. The van der Waals surface area contributed by atoms with Gasteiger partial charge in [-0.2, -0.15) is 5.10 Å². The Kier molecular flexibility index (Phi) is 10.2. The molecule has 4 heterocycles. The van der Waals surface area contributed by atoms with Crippen LogP contribution in [0.25, 0.3) is 32.9 Å². The predicted octanol–water partition coefficient (Wildman–Crippen LogP) is 9.02. The molecule has 0 unspecified atom stereocenters. The number of fused-ring (bicyclic) bond motifs is 4. The Morgan fingerprint density at radius 1 is 0.963 bits per heavy atom. The van der Waals surface area contributed by atoms with Crippen molar-refractivity contribution in [2.45, 2.75) is 53.5 Å². The van der Waals surface area contributed by atoms with Crippen LogP contribution in [-0.2, 0) is 18.2 Å². The molecule has 0 radical (unpaired) electrons. The third kappa shape index (κ3) is 6.37. The van der Waals surface area contributed by atoms with E-state index in [9.17, 15) is 9.90 Å². The lowest BCUT2D eigenvalue weighted by atomic mass is 9.98. The fraction of sp³-hybridized carbons (Fsp3) is 0.341. The lowest BCUT2D eigenvalue weighted by Gasteiger charge is -2.35. The van der Waals surface area contributed by atoms with Crippen LogP contribution in [0.4, 0.5) is 5.69 Å². The number of methoxy groups -OCH3 is 1. The van der Waals surface area contributed by atoms with E-state index in [4.69, 9.17) is 37.4 Å². The largest absolute Gasteiger partial charge is 0.494 e. The molecule has 11 nitrogen and oxygen atoms in total. The molecule has 2 N–H and O–H groups in total. The first-order valence-corrected chi connectivity index (χ1v) is 18.6. The number of ether oxygens (including phenoxy) is 3. The molecule has 6 aromatic rings. The first kappa shape index (κ1) is 37.3. The number of aromatic nitrogens is 4. The van der Waals surface area contributed by atoms with Crippen LogP contribution in [0, 0.1) is 27.7 Å². The second-order valence-corrected chi connectivity index (χ2v) is 14.8. The van der Waals surface area contributed by atoms with Gasteiger partial charge in [0.15, 0.2) is 0 Å². The van der Waals surface area contributed by atoms with Crippen LogP contribution in [0.1, 0.15) is 68.4 Å². The van der Waals surface area contributed by atoms with Crippen LogP contribution in [0.2, 0.25) is 10.0 Å².